The van der Waals surface area contributed by atoms with Gasteiger partial charge in [0.25, 0.3) is 11.5 Å². The third-order valence-corrected chi connectivity index (χ3v) is 7.41. The van der Waals surface area contributed by atoms with E-state index in [1.165, 1.54) is 18.2 Å². The number of rotatable bonds is 4. The van der Waals surface area contributed by atoms with Gasteiger partial charge in [-0.05, 0) is 59.6 Å². The number of hydrogen-bond donors (Lipinski definition) is 1. The first-order valence-corrected chi connectivity index (χ1v) is 11.8. The van der Waals surface area contributed by atoms with Crippen molar-refractivity contribution in [2.75, 3.05) is 11.5 Å². The molecule has 170 valence electrons. The van der Waals surface area contributed by atoms with Crippen molar-refractivity contribution >= 4 is 46.0 Å². The molecule has 0 aliphatic carbocycles. The maximum atomic E-state index is 14.1. The highest BCUT2D eigenvalue weighted by atomic mass is 35.5. The molecule has 1 fully saturated rings. The monoisotopic (exact) mass is 504 g/mol. The van der Waals surface area contributed by atoms with E-state index in [4.69, 9.17) is 28.0 Å². The summed E-state index contributed by atoms with van der Waals surface area (Å²) in [6.45, 7) is 1.68. The second-order valence-corrected chi connectivity index (χ2v) is 10.2. The fraction of sp³-hybridized carbons (Fsp3) is 0.333. The van der Waals surface area contributed by atoms with Gasteiger partial charge in [0.05, 0.1) is 5.71 Å². The molecule has 32 heavy (non-hydrogen) atoms. The van der Waals surface area contributed by atoms with Crippen LogP contribution in [0.3, 0.4) is 0 Å². The third-order valence-electron chi connectivity index (χ3n) is 5.43. The summed E-state index contributed by atoms with van der Waals surface area (Å²) in [7, 11) is 0. The lowest BCUT2D eigenvalue weighted by atomic mass is 9.86. The maximum Gasteiger partial charge on any atom is 0.435 e. The normalized spacial score (nSPS) is 25.0. The van der Waals surface area contributed by atoms with Crippen LogP contribution in [0.5, 0.6) is 0 Å². The summed E-state index contributed by atoms with van der Waals surface area (Å²) in [5.74, 6) is 0.521. The summed E-state index contributed by atoms with van der Waals surface area (Å²) in [5, 5.41) is 6.63. The molecule has 1 saturated heterocycles. The van der Waals surface area contributed by atoms with Gasteiger partial charge in [-0.25, -0.2) is 0 Å². The Morgan fingerprint density at radius 2 is 1.88 bits per heavy atom. The van der Waals surface area contributed by atoms with Crippen LogP contribution in [0.1, 0.15) is 33.5 Å². The van der Waals surface area contributed by atoms with Crippen molar-refractivity contribution in [1.29, 1.82) is 0 Å². The quantitative estimate of drug-likeness (QED) is 0.610. The number of benzene rings is 2. The molecule has 1 atom stereocenters. The van der Waals surface area contributed by atoms with Gasteiger partial charge in [-0.15, -0.1) is 0 Å². The van der Waals surface area contributed by atoms with Gasteiger partial charge in [0.15, 0.2) is 0 Å². The second-order valence-electron chi connectivity index (χ2n) is 7.76. The van der Waals surface area contributed by atoms with Crippen molar-refractivity contribution in [3.05, 3.63) is 68.7 Å². The number of carbonyl (C=O) groups excluding carboxylic acids is 1. The van der Waals surface area contributed by atoms with E-state index in [1.54, 1.807) is 13.0 Å². The first-order valence-electron chi connectivity index (χ1n) is 9.54. The molecule has 0 unspecified atom stereocenters. The first-order chi connectivity index (χ1) is 15.0. The Hall–Kier alpha value is -1.94. The van der Waals surface area contributed by atoms with Crippen LogP contribution in [0.15, 0.2) is 41.6 Å². The summed E-state index contributed by atoms with van der Waals surface area (Å²) in [5.41, 5.74) is -1.52. The SMILES string of the molecule is Cc1cc(C2=NO[C@](c3cc(Cl)cc(Cl)c3)(C(F)(F)F)C2)ccc1C(=O)N[C@H]1C[S@@+]([O-])C1. The Morgan fingerprint density at radius 3 is 2.44 bits per heavy atom. The maximum absolute atomic E-state index is 14.1. The Kier molecular flexibility index (Phi) is 6.13. The van der Waals surface area contributed by atoms with Crippen molar-refractivity contribution in [1.82, 2.24) is 5.32 Å². The molecule has 2 aromatic carbocycles. The fourth-order valence-corrected chi connectivity index (χ4v) is 5.18. The van der Waals surface area contributed by atoms with E-state index in [0.29, 0.717) is 28.2 Å². The van der Waals surface area contributed by atoms with Crippen LogP contribution in [-0.2, 0) is 21.6 Å². The average Bonchev–Trinajstić information content (AvgIpc) is 3.12. The summed E-state index contributed by atoms with van der Waals surface area (Å²) >= 11 is 10.9. The van der Waals surface area contributed by atoms with Gasteiger partial charge >= 0.3 is 6.18 Å². The van der Waals surface area contributed by atoms with Crippen molar-refractivity contribution in [3.63, 3.8) is 0 Å². The predicted molar refractivity (Wildman–Crippen MR) is 117 cm³/mol. The van der Waals surface area contributed by atoms with Gasteiger partial charge in [-0.1, -0.05) is 34.4 Å². The zero-order chi connectivity index (χ0) is 23.3. The van der Waals surface area contributed by atoms with Crippen LogP contribution in [0.4, 0.5) is 13.2 Å². The molecular formula is C21H17Cl2F3N2O3S. The minimum atomic E-state index is -4.79. The molecule has 2 aliphatic rings. The zero-order valence-electron chi connectivity index (χ0n) is 16.6. The Labute approximate surface area is 195 Å². The summed E-state index contributed by atoms with van der Waals surface area (Å²) < 4.78 is 53.6. The lowest BCUT2D eigenvalue weighted by molar-refractivity contribution is -0.275. The van der Waals surface area contributed by atoms with Gasteiger partial charge in [-0.2, -0.15) is 13.2 Å². The predicted octanol–water partition coefficient (Wildman–Crippen LogP) is 4.74. The van der Waals surface area contributed by atoms with Gasteiger partial charge < -0.3 is 14.7 Å². The number of nitrogens with zero attached hydrogens (tertiary/aromatic N) is 1. The molecule has 0 spiro atoms. The highest BCUT2D eigenvalue weighted by Gasteiger charge is 2.62. The molecule has 1 N–H and O–H groups in total. The highest BCUT2D eigenvalue weighted by molar-refractivity contribution is 7.92. The summed E-state index contributed by atoms with van der Waals surface area (Å²) in [4.78, 5) is 17.5. The van der Waals surface area contributed by atoms with E-state index in [1.807, 2.05) is 0 Å². The van der Waals surface area contributed by atoms with Crippen molar-refractivity contribution in [2.45, 2.75) is 31.2 Å². The molecule has 2 aromatic rings. The minimum Gasteiger partial charge on any atom is -0.616 e. The molecule has 11 heteroatoms. The lowest BCUT2D eigenvalue weighted by Gasteiger charge is -2.29. The van der Waals surface area contributed by atoms with Crippen LogP contribution in [-0.4, -0.2) is 39.9 Å². The smallest absolute Gasteiger partial charge is 0.435 e. The Balaban J connectivity index is 1.58. The molecule has 4 rings (SSSR count). The number of amides is 1. The van der Waals surface area contributed by atoms with Gasteiger partial charge in [0, 0.05) is 27.6 Å². The van der Waals surface area contributed by atoms with Crippen LogP contribution < -0.4 is 5.32 Å². The molecule has 2 aliphatic heterocycles. The Bertz CT molecular complexity index is 1090. The van der Waals surface area contributed by atoms with E-state index in [0.717, 1.165) is 12.1 Å². The summed E-state index contributed by atoms with van der Waals surface area (Å²) in [6.07, 6.45) is -5.37. The van der Waals surface area contributed by atoms with E-state index < -0.39 is 29.4 Å². The first kappa shape index (κ1) is 23.2. The van der Waals surface area contributed by atoms with Crippen molar-refractivity contribution < 1.29 is 27.4 Å². The van der Waals surface area contributed by atoms with Crippen LogP contribution in [0.2, 0.25) is 10.0 Å². The molecule has 0 radical (unpaired) electrons. The zero-order valence-corrected chi connectivity index (χ0v) is 19.0. The largest absolute Gasteiger partial charge is 0.616 e. The highest BCUT2D eigenvalue weighted by Crippen LogP contribution is 2.49. The number of oxime groups is 1. The van der Waals surface area contributed by atoms with Crippen LogP contribution in [0.25, 0.3) is 0 Å². The summed E-state index contributed by atoms with van der Waals surface area (Å²) in [6, 6.07) is 8.17. The molecule has 0 saturated carbocycles. The van der Waals surface area contributed by atoms with Crippen LogP contribution in [0, 0.1) is 6.92 Å². The molecule has 0 aromatic heterocycles. The number of aryl methyl sites for hydroxylation is 1. The number of carbonyl (C=O) groups is 1. The minimum absolute atomic E-state index is 0.0506. The topological polar surface area (TPSA) is 73.8 Å². The number of halogens is 5. The molecular weight excluding hydrogens is 488 g/mol. The number of alkyl halides is 3. The van der Waals surface area contributed by atoms with Gasteiger partial charge in [-0.3, -0.25) is 4.79 Å². The Morgan fingerprint density at radius 1 is 1.22 bits per heavy atom. The number of nitrogens with one attached hydrogen (secondary N) is 1. The number of hydrogen-bond acceptors (Lipinski definition) is 4. The fourth-order valence-electron chi connectivity index (χ4n) is 3.69. The average molecular weight is 505 g/mol. The van der Waals surface area contributed by atoms with Crippen LogP contribution >= 0.6 is 23.2 Å². The van der Waals surface area contributed by atoms with Crippen molar-refractivity contribution in [2.24, 2.45) is 5.16 Å². The molecule has 1 amide bonds. The third kappa shape index (κ3) is 4.31. The van der Waals surface area contributed by atoms with E-state index in [9.17, 15) is 22.5 Å². The van der Waals surface area contributed by atoms with Gasteiger partial charge in [0.2, 0.25) is 0 Å². The van der Waals surface area contributed by atoms with E-state index in [-0.39, 0.29) is 33.3 Å². The van der Waals surface area contributed by atoms with E-state index >= 15 is 0 Å². The lowest BCUT2D eigenvalue weighted by Crippen LogP contribution is -2.53. The van der Waals surface area contributed by atoms with Crippen molar-refractivity contribution in [3.8, 4) is 0 Å². The molecule has 5 nitrogen and oxygen atoms in total. The molecule has 2 heterocycles. The second kappa shape index (κ2) is 8.44. The van der Waals surface area contributed by atoms with Gasteiger partial charge in [0.1, 0.15) is 17.5 Å². The van der Waals surface area contributed by atoms with E-state index in [2.05, 4.69) is 10.5 Å². The standard InChI is InChI=1S/C21H17Cl2F3N2O3S/c1-11-4-12(2-3-17(11)19(29)27-16-9-32(30)10-16)18-8-20(31-28-18,21(24,25)26)13-5-14(22)7-15(23)6-13/h2-7,16H,8-10H2,1H3,(H,27,29)/t16-,20-,32+/m1/s1. The molecule has 0 bridgehead atoms.